The van der Waals surface area contributed by atoms with Crippen LogP contribution in [0.15, 0.2) is 70.5 Å². The number of alkyl halides is 3. The Labute approximate surface area is 140 Å². The molecule has 0 saturated carbocycles. The van der Waals surface area contributed by atoms with Gasteiger partial charge in [0, 0.05) is 16.2 Å². The molecule has 23 heavy (non-hydrogen) atoms. The van der Waals surface area contributed by atoms with Gasteiger partial charge in [0.25, 0.3) is 5.79 Å². The lowest BCUT2D eigenvalue weighted by Gasteiger charge is -2.28. The Morgan fingerprint density at radius 1 is 0.783 bits per heavy atom. The van der Waals surface area contributed by atoms with Gasteiger partial charge in [-0.15, -0.1) is 23.5 Å². The summed E-state index contributed by atoms with van der Waals surface area (Å²) in [6.07, 6.45) is -5.94. The van der Waals surface area contributed by atoms with Gasteiger partial charge in [-0.25, -0.2) is 0 Å². The van der Waals surface area contributed by atoms with E-state index in [0.717, 1.165) is 9.79 Å². The molecular weight excluding hydrogens is 345 g/mol. The monoisotopic (exact) mass is 360 g/mol. The first kappa shape index (κ1) is 18.2. The molecule has 0 aliphatic carbocycles. The van der Waals surface area contributed by atoms with Gasteiger partial charge in [0.15, 0.2) is 0 Å². The van der Waals surface area contributed by atoms with Crippen LogP contribution in [0.3, 0.4) is 0 Å². The molecule has 0 radical (unpaired) electrons. The Balaban J connectivity index is 2.17. The van der Waals surface area contributed by atoms with Gasteiger partial charge in [0.2, 0.25) is 0 Å². The lowest BCUT2D eigenvalue weighted by Crippen LogP contribution is -2.46. The maximum atomic E-state index is 12.8. The molecule has 0 spiro atoms. The summed E-state index contributed by atoms with van der Waals surface area (Å²) in [5.74, 6) is -3.72. The normalized spacial score (nSPS) is 12.6. The third kappa shape index (κ3) is 5.46. The summed E-state index contributed by atoms with van der Waals surface area (Å²) in [7, 11) is 0. The second-order valence-electron chi connectivity index (χ2n) is 4.81. The molecule has 0 bridgehead atoms. The van der Waals surface area contributed by atoms with Crippen LogP contribution in [0.5, 0.6) is 0 Å². The molecule has 0 atom stereocenters. The van der Waals surface area contributed by atoms with Crippen LogP contribution in [0.4, 0.5) is 13.2 Å². The summed E-state index contributed by atoms with van der Waals surface area (Å²) in [4.78, 5) is 1.53. The minimum Gasteiger partial charge on any atom is -0.359 e. The molecule has 2 aromatic carbocycles. The average molecular weight is 360 g/mol. The van der Waals surface area contributed by atoms with E-state index < -0.39 is 23.0 Å². The Kier molecular flexibility index (Phi) is 6.02. The van der Waals surface area contributed by atoms with E-state index in [0.29, 0.717) is 0 Å². The van der Waals surface area contributed by atoms with Crippen LogP contribution in [0.25, 0.3) is 0 Å². The predicted molar refractivity (Wildman–Crippen MR) is 86.2 cm³/mol. The fraction of sp³-hybridized carbons (Fsp3) is 0.250. The van der Waals surface area contributed by atoms with Crippen molar-refractivity contribution < 1.29 is 23.4 Å². The minimum atomic E-state index is -5.10. The number of rotatable bonds is 6. The van der Waals surface area contributed by atoms with Crippen LogP contribution >= 0.6 is 23.5 Å². The van der Waals surface area contributed by atoms with Crippen molar-refractivity contribution in [3.63, 3.8) is 0 Å². The smallest absolute Gasteiger partial charge is 0.359 e. The third-order valence-electron chi connectivity index (χ3n) is 2.93. The van der Waals surface area contributed by atoms with Gasteiger partial charge in [-0.1, -0.05) is 36.4 Å². The molecule has 0 aliphatic rings. The number of hydrogen-bond donors (Lipinski definition) is 2. The minimum absolute atomic E-state index is 0.712. The van der Waals surface area contributed by atoms with Crippen LogP contribution in [0.1, 0.15) is 6.42 Å². The van der Waals surface area contributed by atoms with Gasteiger partial charge < -0.3 is 10.2 Å². The van der Waals surface area contributed by atoms with Crippen LogP contribution < -0.4 is 0 Å². The number of halogens is 3. The molecule has 0 heterocycles. The summed E-state index contributed by atoms with van der Waals surface area (Å²) in [6, 6.07) is 17.8. The van der Waals surface area contributed by atoms with Gasteiger partial charge in [0.05, 0.1) is 4.58 Å². The zero-order valence-electron chi connectivity index (χ0n) is 11.9. The van der Waals surface area contributed by atoms with Crippen molar-refractivity contribution >= 4 is 23.5 Å². The van der Waals surface area contributed by atoms with Crippen LogP contribution in [-0.2, 0) is 0 Å². The molecule has 2 nitrogen and oxygen atoms in total. The van der Waals surface area contributed by atoms with Crippen molar-refractivity contribution in [1.29, 1.82) is 0 Å². The lowest BCUT2D eigenvalue weighted by molar-refractivity contribution is -0.349. The second kappa shape index (κ2) is 7.61. The van der Waals surface area contributed by atoms with E-state index in [4.69, 9.17) is 0 Å². The van der Waals surface area contributed by atoms with Crippen molar-refractivity contribution in [2.24, 2.45) is 0 Å². The highest BCUT2D eigenvalue weighted by molar-refractivity contribution is 8.17. The standard InChI is InChI=1S/C16H15F3O2S2/c17-16(18,19)15(20,21)11-14(22-12-7-3-1-4-8-12)23-13-9-5-2-6-10-13/h1-10,14,20-21H,11H2. The van der Waals surface area contributed by atoms with Gasteiger partial charge >= 0.3 is 6.18 Å². The molecule has 7 heteroatoms. The van der Waals surface area contributed by atoms with E-state index in [2.05, 4.69) is 0 Å². The van der Waals surface area contributed by atoms with Gasteiger partial charge in [-0.3, -0.25) is 0 Å². The first-order chi connectivity index (χ1) is 10.8. The summed E-state index contributed by atoms with van der Waals surface area (Å²) < 4.78 is 37.5. The molecular formula is C16H15F3O2S2. The highest BCUT2D eigenvalue weighted by Crippen LogP contribution is 2.43. The number of hydrogen-bond acceptors (Lipinski definition) is 4. The van der Waals surface area contributed by atoms with Crippen LogP contribution in [-0.4, -0.2) is 26.8 Å². The van der Waals surface area contributed by atoms with Gasteiger partial charge in [0.1, 0.15) is 0 Å². The van der Waals surface area contributed by atoms with Crippen molar-refractivity contribution in [2.45, 2.75) is 32.8 Å². The van der Waals surface area contributed by atoms with Crippen molar-refractivity contribution in [3.8, 4) is 0 Å². The third-order valence-corrected chi connectivity index (χ3v) is 5.45. The van der Waals surface area contributed by atoms with Crippen molar-refractivity contribution in [1.82, 2.24) is 0 Å². The summed E-state index contributed by atoms with van der Waals surface area (Å²) in [6.45, 7) is 0. The molecule has 0 saturated heterocycles. The zero-order chi connectivity index (χ0) is 16.9. The largest absolute Gasteiger partial charge is 0.442 e. The second-order valence-corrected chi connectivity index (χ2v) is 7.66. The Morgan fingerprint density at radius 3 is 1.52 bits per heavy atom. The maximum absolute atomic E-state index is 12.8. The van der Waals surface area contributed by atoms with E-state index in [1.54, 1.807) is 48.5 Å². The van der Waals surface area contributed by atoms with Crippen LogP contribution in [0.2, 0.25) is 0 Å². The molecule has 0 aliphatic heterocycles. The molecule has 2 N–H and O–H groups in total. The highest BCUT2D eigenvalue weighted by atomic mass is 32.2. The first-order valence-electron chi connectivity index (χ1n) is 6.73. The summed E-state index contributed by atoms with van der Waals surface area (Å²) in [5, 5.41) is 18.8. The Morgan fingerprint density at radius 2 is 1.17 bits per heavy atom. The number of thioether (sulfide) groups is 2. The quantitative estimate of drug-likeness (QED) is 0.587. The van der Waals surface area contributed by atoms with Gasteiger partial charge in [-0.05, 0) is 24.3 Å². The Hall–Kier alpha value is -1.15. The average Bonchev–Trinajstić information content (AvgIpc) is 2.47. The van der Waals surface area contributed by atoms with E-state index in [9.17, 15) is 23.4 Å². The fourth-order valence-electron chi connectivity index (χ4n) is 1.76. The molecule has 0 amide bonds. The number of benzene rings is 2. The summed E-state index contributed by atoms with van der Waals surface area (Å²) in [5.41, 5.74) is 0. The first-order valence-corrected chi connectivity index (χ1v) is 8.49. The molecule has 0 unspecified atom stereocenters. The fourth-order valence-corrected chi connectivity index (χ4v) is 4.48. The predicted octanol–water partition coefficient (Wildman–Crippen LogP) is 4.53. The topological polar surface area (TPSA) is 40.5 Å². The van der Waals surface area contributed by atoms with Crippen molar-refractivity contribution in [3.05, 3.63) is 60.7 Å². The maximum Gasteiger partial charge on any atom is 0.442 e. The van der Waals surface area contributed by atoms with E-state index in [1.165, 1.54) is 23.5 Å². The molecule has 0 aromatic heterocycles. The van der Waals surface area contributed by atoms with Crippen molar-refractivity contribution in [2.75, 3.05) is 0 Å². The van der Waals surface area contributed by atoms with E-state index in [1.807, 2.05) is 12.1 Å². The molecule has 124 valence electrons. The SMILES string of the molecule is OC(O)(CC(Sc1ccccc1)Sc1ccccc1)C(F)(F)F. The zero-order valence-corrected chi connectivity index (χ0v) is 13.5. The van der Waals surface area contributed by atoms with Gasteiger partial charge in [-0.2, -0.15) is 13.2 Å². The summed E-state index contributed by atoms with van der Waals surface area (Å²) >= 11 is 2.34. The highest BCUT2D eigenvalue weighted by Gasteiger charge is 2.53. The lowest BCUT2D eigenvalue weighted by atomic mass is 10.2. The molecule has 2 rings (SSSR count). The van der Waals surface area contributed by atoms with E-state index >= 15 is 0 Å². The molecule has 0 fully saturated rings. The number of aliphatic hydroxyl groups is 2. The van der Waals surface area contributed by atoms with Crippen LogP contribution in [0, 0.1) is 0 Å². The Bertz CT molecular complexity index is 562. The van der Waals surface area contributed by atoms with E-state index in [-0.39, 0.29) is 0 Å². The molecule has 2 aromatic rings.